The number of aryl methyl sites for hydroxylation is 1. The molecule has 0 aliphatic carbocycles. The Labute approximate surface area is 111 Å². The number of thioether (sulfide) groups is 1. The summed E-state index contributed by atoms with van der Waals surface area (Å²) < 4.78 is 0. The molecule has 5 heteroatoms. The minimum atomic E-state index is 0.245. The molecule has 0 amide bonds. The second kappa shape index (κ2) is 6.70. The van der Waals surface area contributed by atoms with Crippen LogP contribution in [0.5, 0.6) is 0 Å². The zero-order valence-corrected chi connectivity index (χ0v) is 11.8. The van der Waals surface area contributed by atoms with Crippen LogP contribution < -0.4 is 5.73 Å². The van der Waals surface area contributed by atoms with Crippen molar-refractivity contribution in [2.75, 3.05) is 5.75 Å². The third-order valence-corrected chi connectivity index (χ3v) is 3.78. The van der Waals surface area contributed by atoms with Crippen molar-refractivity contribution in [1.29, 1.82) is 0 Å². The average molecular weight is 279 g/mol. The molecule has 2 nitrogen and oxygen atoms in total. The lowest BCUT2D eigenvalue weighted by atomic mass is 10.3. The number of hydrogen-bond acceptors (Lipinski definition) is 3. The number of nitrogens with two attached hydrogens (primary N) is 1. The fraction of sp³-hybridized carbons (Fsp3) is 0.545. The summed E-state index contributed by atoms with van der Waals surface area (Å²) in [6, 6.07) is 2.09. The van der Waals surface area contributed by atoms with Crippen LogP contribution in [0.15, 0.2) is 6.07 Å². The van der Waals surface area contributed by atoms with E-state index >= 15 is 0 Å². The maximum Gasteiger partial charge on any atom is 0.134 e. The Kier molecular flexibility index (Phi) is 5.90. The zero-order valence-electron chi connectivity index (χ0n) is 9.46. The summed E-state index contributed by atoms with van der Waals surface area (Å²) in [6.45, 7) is 3.89. The number of halogens is 2. The first-order valence-corrected chi connectivity index (χ1v) is 7.06. The van der Waals surface area contributed by atoms with Crippen LogP contribution in [0.3, 0.4) is 0 Å². The van der Waals surface area contributed by atoms with Gasteiger partial charge in [0.15, 0.2) is 0 Å². The molecule has 1 atom stereocenters. The molecule has 90 valence electrons. The van der Waals surface area contributed by atoms with Crippen molar-refractivity contribution in [3.05, 3.63) is 27.5 Å². The molecule has 0 saturated carbocycles. The van der Waals surface area contributed by atoms with E-state index in [0.717, 1.165) is 29.2 Å². The monoisotopic (exact) mass is 278 g/mol. The molecule has 0 aliphatic heterocycles. The standard InChI is InChI=1S/C11H16Cl2N2S/c1-7(14)3-4-16-6-9-10(12)5-8(2)15-11(9)13/h5,7H,3-4,6,14H2,1-2H3. The van der Waals surface area contributed by atoms with Crippen LogP contribution in [0.2, 0.25) is 10.2 Å². The van der Waals surface area contributed by atoms with E-state index in [1.54, 1.807) is 11.8 Å². The van der Waals surface area contributed by atoms with Crippen molar-refractivity contribution in [2.24, 2.45) is 5.73 Å². The topological polar surface area (TPSA) is 38.9 Å². The maximum atomic E-state index is 6.11. The summed E-state index contributed by atoms with van der Waals surface area (Å²) in [5.41, 5.74) is 7.44. The summed E-state index contributed by atoms with van der Waals surface area (Å²) >= 11 is 13.9. The van der Waals surface area contributed by atoms with Gasteiger partial charge >= 0.3 is 0 Å². The molecule has 0 fully saturated rings. The quantitative estimate of drug-likeness (QED) is 0.660. The Balaban J connectivity index is 2.54. The highest BCUT2D eigenvalue weighted by Gasteiger charge is 2.08. The molecule has 0 spiro atoms. The second-order valence-electron chi connectivity index (χ2n) is 3.83. The summed E-state index contributed by atoms with van der Waals surface area (Å²) in [5, 5.41) is 1.21. The van der Waals surface area contributed by atoms with E-state index in [1.165, 1.54) is 0 Å². The van der Waals surface area contributed by atoms with E-state index in [2.05, 4.69) is 4.98 Å². The molecule has 16 heavy (non-hydrogen) atoms. The molecule has 0 aromatic carbocycles. The Morgan fingerprint density at radius 1 is 1.50 bits per heavy atom. The van der Waals surface area contributed by atoms with E-state index in [4.69, 9.17) is 28.9 Å². The number of rotatable bonds is 5. The van der Waals surface area contributed by atoms with Gasteiger partial charge < -0.3 is 5.73 Å². The summed E-state index contributed by atoms with van der Waals surface area (Å²) in [6.07, 6.45) is 0.999. The van der Waals surface area contributed by atoms with Crippen molar-refractivity contribution < 1.29 is 0 Å². The van der Waals surface area contributed by atoms with Crippen molar-refractivity contribution in [2.45, 2.75) is 32.1 Å². The lowest BCUT2D eigenvalue weighted by molar-refractivity contribution is 0.721. The predicted octanol–water partition coefficient (Wildman–Crippen LogP) is 3.67. The first kappa shape index (κ1) is 14.1. The van der Waals surface area contributed by atoms with Crippen molar-refractivity contribution >= 4 is 35.0 Å². The van der Waals surface area contributed by atoms with Crippen molar-refractivity contribution in [3.8, 4) is 0 Å². The lowest BCUT2D eigenvalue weighted by Gasteiger charge is -2.08. The fourth-order valence-corrected chi connectivity index (χ4v) is 3.20. The van der Waals surface area contributed by atoms with E-state index in [-0.39, 0.29) is 6.04 Å². The Bertz CT molecular complexity index is 333. The highest BCUT2D eigenvalue weighted by Crippen LogP contribution is 2.27. The molecular formula is C11H16Cl2N2S. The van der Waals surface area contributed by atoms with Gasteiger partial charge in [-0.3, -0.25) is 0 Å². The van der Waals surface area contributed by atoms with Gasteiger partial charge in [0.05, 0.1) is 0 Å². The largest absolute Gasteiger partial charge is 0.328 e. The van der Waals surface area contributed by atoms with E-state index in [1.807, 2.05) is 19.9 Å². The van der Waals surface area contributed by atoms with Gasteiger partial charge in [0.25, 0.3) is 0 Å². The normalized spacial score (nSPS) is 12.8. The summed E-state index contributed by atoms with van der Waals surface area (Å²) in [7, 11) is 0. The lowest BCUT2D eigenvalue weighted by Crippen LogP contribution is -2.15. The SMILES string of the molecule is Cc1cc(Cl)c(CSCCC(C)N)c(Cl)n1. The number of hydrogen-bond donors (Lipinski definition) is 1. The van der Waals surface area contributed by atoms with Gasteiger partial charge in [0, 0.05) is 28.1 Å². The molecule has 1 rings (SSSR count). The third-order valence-electron chi connectivity index (χ3n) is 2.11. The predicted molar refractivity (Wildman–Crippen MR) is 73.4 cm³/mol. The first-order chi connectivity index (χ1) is 7.50. The smallest absolute Gasteiger partial charge is 0.134 e. The van der Waals surface area contributed by atoms with Crippen LogP contribution >= 0.6 is 35.0 Å². The number of pyridine rings is 1. The molecule has 2 N–H and O–H groups in total. The molecule has 0 bridgehead atoms. The van der Waals surface area contributed by atoms with Gasteiger partial charge in [-0.2, -0.15) is 11.8 Å². The van der Waals surface area contributed by atoms with Gasteiger partial charge in [0.1, 0.15) is 5.15 Å². The minimum absolute atomic E-state index is 0.245. The Morgan fingerprint density at radius 2 is 2.19 bits per heavy atom. The van der Waals surface area contributed by atoms with Gasteiger partial charge in [-0.25, -0.2) is 4.98 Å². The fourth-order valence-electron chi connectivity index (χ4n) is 1.20. The molecule has 1 aromatic rings. The molecule has 0 radical (unpaired) electrons. The molecule has 0 saturated heterocycles. The Morgan fingerprint density at radius 3 is 2.75 bits per heavy atom. The van der Waals surface area contributed by atoms with Crippen LogP contribution in [0, 0.1) is 6.92 Å². The average Bonchev–Trinajstić information content (AvgIpc) is 2.14. The zero-order chi connectivity index (χ0) is 12.1. The molecule has 1 heterocycles. The summed E-state index contributed by atoms with van der Waals surface area (Å²) in [5.74, 6) is 1.80. The van der Waals surface area contributed by atoms with Crippen LogP contribution in [-0.2, 0) is 5.75 Å². The second-order valence-corrected chi connectivity index (χ2v) is 5.70. The molecular weight excluding hydrogens is 263 g/mol. The molecule has 1 unspecified atom stereocenters. The van der Waals surface area contributed by atoms with Crippen LogP contribution in [0.1, 0.15) is 24.6 Å². The van der Waals surface area contributed by atoms with Gasteiger partial charge in [0.2, 0.25) is 0 Å². The molecule has 0 aliphatic rings. The van der Waals surface area contributed by atoms with E-state index in [0.29, 0.717) is 10.2 Å². The van der Waals surface area contributed by atoms with Crippen LogP contribution in [0.25, 0.3) is 0 Å². The van der Waals surface area contributed by atoms with Crippen molar-refractivity contribution in [1.82, 2.24) is 4.98 Å². The van der Waals surface area contributed by atoms with Gasteiger partial charge in [-0.15, -0.1) is 0 Å². The van der Waals surface area contributed by atoms with E-state index < -0.39 is 0 Å². The van der Waals surface area contributed by atoms with Crippen LogP contribution in [-0.4, -0.2) is 16.8 Å². The molecule has 1 aromatic heterocycles. The first-order valence-electron chi connectivity index (χ1n) is 5.15. The van der Waals surface area contributed by atoms with Gasteiger partial charge in [-0.1, -0.05) is 23.2 Å². The maximum absolute atomic E-state index is 6.11. The highest BCUT2D eigenvalue weighted by molar-refractivity contribution is 7.98. The third kappa shape index (κ3) is 4.50. The minimum Gasteiger partial charge on any atom is -0.328 e. The van der Waals surface area contributed by atoms with Crippen LogP contribution in [0.4, 0.5) is 0 Å². The van der Waals surface area contributed by atoms with Crippen molar-refractivity contribution in [3.63, 3.8) is 0 Å². The van der Waals surface area contributed by atoms with Gasteiger partial charge in [-0.05, 0) is 32.1 Å². The number of aromatic nitrogens is 1. The summed E-state index contributed by atoms with van der Waals surface area (Å²) in [4.78, 5) is 4.19. The Hall–Kier alpha value is 0.0400. The highest BCUT2D eigenvalue weighted by atomic mass is 35.5. The van der Waals surface area contributed by atoms with E-state index in [9.17, 15) is 0 Å². The number of nitrogens with zero attached hydrogens (tertiary/aromatic N) is 1.